The maximum absolute atomic E-state index is 12.2. The van der Waals surface area contributed by atoms with E-state index in [0.717, 1.165) is 4.47 Å². The number of ether oxygens (including phenoxy) is 3. The van der Waals surface area contributed by atoms with E-state index in [1.165, 1.54) is 20.3 Å². The number of benzene rings is 2. The molecule has 3 rings (SSSR count). The first-order valence-corrected chi connectivity index (χ1v) is 9.21. The predicted molar refractivity (Wildman–Crippen MR) is 108 cm³/mol. The van der Waals surface area contributed by atoms with Gasteiger partial charge in [-0.05, 0) is 36.4 Å². The van der Waals surface area contributed by atoms with Crippen LogP contribution in [0.4, 0.5) is 5.69 Å². The largest absolute Gasteiger partial charge is 0.497 e. The Bertz CT molecular complexity index is 1030. The van der Waals surface area contributed by atoms with Crippen LogP contribution in [0.2, 0.25) is 0 Å². The average Bonchev–Trinajstić information content (AvgIpc) is 3.21. The van der Waals surface area contributed by atoms with E-state index in [4.69, 9.17) is 18.7 Å². The molecule has 9 heteroatoms. The van der Waals surface area contributed by atoms with Crippen LogP contribution in [0.15, 0.2) is 57.5 Å². The SMILES string of the molecule is COc1ccc(OC)c(-c2cc(C(=O)OCC(=O)Nc3cccc(Br)c3)no2)c1. The van der Waals surface area contributed by atoms with Gasteiger partial charge in [-0.15, -0.1) is 0 Å². The van der Waals surface area contributed by atoms with Crippen LogP contribution in [-0.4, -0.2) is 37.9 Å². The molecule has 1 amide bonds. The molecule has 1 aromatic heterocycles. The Morgan fingerprint density at radius 3 is 2.66 bits per heavy atom. The zero-order chi connectivity index (χ0) is 20.8. The molecule has 1 heterocycles. The number of nitrogens with one attached hydrogen (secondary N) is 1. The van der Waals surface area contributed by atoms with Gasteiger partial charge >= 0.3 is 5.97 Å². The van der Waals surface area contributed by atoms with Gasteiger partial charge in [0.25, 0.3) is 5.91 Å². The van der Waals surface area contributed by atoms with Crippen LogP contribution in [-0.2, 0) is 9.53 Å². The summed E-state index contributed by atoms with van der Waals surface area (Å²) in [6.45, 7) is -0.462. The van der Waals surface area contributed by atoms with Crippen molar-refractivity contribution in [1.82, 2.24) is 5.16 Å². The number of hydrogen-bond acceptors (Lipinski definition) is 7. The van der Waals surface area contributed by atoms with Crippen LogP contribution in [0.25, 0.3) is 11.3 Å². The number of nitrogens with zero attached hydrogens (tertiary/aromatic N) is 1. The van der Waals surface area contributed by atoms with Gasteiger partial charge in [-0.3, -0.25) is 4.79 Å². The summed E-state index contributed by atoms with van der Waals surface area (Å²) in [5.74, 6) is 0.146. The number of amides is 1. The van der Waals surface area contributed by atoms with Gasteiger partial charge in [-0.1, -0.05) is 27.2 Å². The zero-order valence-electron chi connectivity index (χ0n) is 15.6. The fraction of sp³-hybridized carbons (Fsp3) is 0.150. The number of halogens is 1. The summed E-state index contributed by atoms with van der Waals surface area (Å²) in [4.78, 5) is 24.2. The molecule has 0 radical (unpaired) electrons. The van der Waals surface area contributed by atoms with E-state index in [1.807, 2.05) is 6.07 Å². The molecule has 0 bridgehead atoms. The second kappa shape index (κ2) is 9.24. The molecule has 1 N–H and O–H groups in total. The van der Waals surface area contributed by atoms with Gasteiger partial charge in [-0.2, -0.15) is 0 Å². The van der Waals surface area contributed by atoms with E-state index in [-0.39, 0.29) is 5.69 Å². The van der Waals surface area contributed by atoms with Crippen LogP contribution < -0.4 is 14.8 Å². The second-order valence-corrected chi connectivity index (χ2v) is 6.69. The first-order valence-electron chi connectivity index (χ1n) is 8.42. The number of aromatic nitrogens is 1. The quantitative estimate of drug-likeness (QED) is 0.533. The summed E-state index contributed by atoms with van der Waals surface area (Å²) in [5, 5.41) is 6.34. The molecule has 0 spiro atoms. The topological polar surface area (TPSA) is 99.9 Å². The highest BCUT2D eigenvalue weighted by Gasteiger charge is 2.19. The number of carbonyl (C=O) groups excluding carboxylic acids is 2. The third-order valence-corrected chi connectivity index (χ3v) is 4.33. The lowest BCUT2D eigenvalue weighted by Gasteiger charge is -2.07. The minimum absolute atomic E-state index is 0.0693. The van der Waals surface area contributed by atoms with E-state index < -0.39 is 18.5 Å². The first-order chi connectivity index (χ1) is 14.0. The Hall–Kier alpha value is -3.33. The van der Waals surface area contributed by atoms with Gasteiger partial charge in [0.2, 0.25) is 0 Å². The lowest BCUT2D eigenvalue weighted by atomic mass is 10.1. The lowest BCUT2D eigenvalue weighted by Crippen LogP contribution is -2.21. The standard InChI is InChI=1S/C20H17BrN2O6/c1-26-14-6-7-17(27-2)15(9-14)18-10-16(23-29-18)20(25)28-11-19(24)22-13-5-3-4-12(21)8-13/h3-10H,11H2,1-2H3,(H,22,24). The minimum atomic E-state index is -0.786. The average molecular weight is 461 g/mol. The fourth-order valence-corrected chi connectivity index (χ4v) is 2.87. The second-order valence-electron chi connectivity index (χ2n) is 5.78. The van der Waals surface area contributed by atoms with Gasteiger partial charge < -0.3 is 24.1 Å². The Balaban J connectivity index is 1.64. The Kier molecular flexibility index (Phi) is 6.50. The third kappa shape index (κ3) is 5.14. The van der Waals surface area contributed by atoms with E-state index in [2.05, 4.69) is 26.4 Å². The molecule has 150 valence electrons. The van der Waals surface area contributed by atoms with Gasteiger partial charge in [0.05, 0.1) is 19.8 Å². The van der Waals surface area contributed by atoms with Crippen LogP contribution >= 0.6 is 15.9 Å². The van der Waals surface area contributed by atoms with Gasteiger partial charge in [0.15, 0.2) is 18.1 Å². The van der Waals surface area contributed by atoms with Crippen molar-refractivity contribution < 1.29 is 28.3 Å². The van der Waals surface area contributed by atoms with Crippen LogP contribution in [0.1, 0.15) is 10.5 Å². The smallest absolute Gasteiger partial charge is 0.361 e. The highest BCUT2D eigenvalue weighted by molar-refractivity contribution is 9.10. The van der Waals surface area contributed by atoms with E-state index in [1.54, 1.807) is 36.4 Å². The summed E-state index contributed by atoms with van der Waals surface area (Å²) in [5.41, 5.74) is 1.07. The van der Waals surface area contributed by atoms with Crippen LogP contribution in [0.3, 0.4) is 0 Å². The summed E-state index contributed by atoms with van der Waals surface area (Å²) in [6, 6.07) is 13.6. The monoisotopic (exact) mass is 460 g/mol. The molecule has 3 aromatic rings. The van der Waals surface area contributed by atoms with Crippen molar-refractivity contribution in [2.24, 2.45) is 0 Å². The Labute approximate surface area is 174 Å². The number of rotatable bonds is 7. The van der Waals surface area contributed by atoms with Crippen molar-refractivity contribution in [1.29, 1.82) is 0 Å². The van der Waals surface area contributed by atoms with Crippen molar-refractivity contribution in [3.63, 3.8) is 0 Å². The molecule has 0 saturated heterocycles. The number of methoxy groups -OCH3 is 2. The number of anilines is 1. The maximum Gasteiger partial charge on any atom is 0.361 e. The van der Waals surface area contributed by atoms with Crippen molar-refractivity contribution in [2.75, 3.05) is 26.1 Å². The molecule has 0 atom stereocenters. The van der Waals surface area contributed by atoms with Crippen molar-refractivity contribution in [3.8, 4) is 22.8 Å². The number of hydrogen-bond donors (Lipinski definition) is 1. The highest BCUT2D eigenvalue weighted by atomic mass is 79.9. The van der Waals surface area contributed by atoms with Crippen molar-refractivity contribution in [3.05, 3.63) is 58.7 Å². The molecule has 0 fully saturated rings. The van der Waals surface area contributed by atoms with Gasteiger partial charge in [0.1, 0.15) is 11.5 Å². The fourth-order valence-electron chi connectivity index (χ4n) is 2.47. The zero-order valence-corrected chi connectivity index (χ0v) is 17.2. The minimum Gasteiger partial charge on any atom is -0.497 e. The molecule has 29 heavy (non-hydrogen) atoms. The molecule has 2 aromatic carbocycles. The molecule has 0 aliphatic heterocycles. The van der Waals surface area contributed by atoms with Crippen LogP contribution in [0.5, 0.6) is 11.5 Å². The van der Waals surface area contributed by atoms with Crippen molar-refractivity contribution in [2.45, 2.75) is 0 Å². The molecular weight excluding hydrogens is 444 g/mol. The number of esters is 1. The first kappa shape index (κ1) is 20.4. The van der Waals surface area contributed by atoms with E-state index >= 15 is 0 Å². The van der Waals surface area contributed by atoms with Gasteiger partial charge in [-0.25, -0.2) is 4.79 Å². The van der Waals surface area contributed by atoms with Crippen LogP contribution in [0, 0.1) is 0 Å². The molecular formula is C20H17BrN2O6. The summed E-state index contributed by atoms with van der Waals surface area (Å²) >= 11 is 3.31. The number of carbonyl (C=O) groups is 2. The molecule has 0 aliphatic carbocycles. The lowest BCUT2D eigenvalue weighted by molar-refractivity contribution is -0.119. The predicted octanol–water partition coefficient (Wildman–Crippen LogP) is 3.92. The highest BCUT2D eigenvalue weighted by Crippen LogP contribution is 2.33. The summed E-state index contributed by atoms with van der Waals surface area (Å²) < 4.78 is 21.5. The third-order valence-electron chi connectivity index (χ3n) is 3.83. The normalized spacial score (nSPS) is 10.3. The maximum atomic E-state index is 12.2. The summed E-state index contributed by atoms with van der Waals surface area (Å²) in [6.07, 6.45) is 0. The van der Waals surface area contributed by atoms with Gasteiger partial charge in [0, 0.05) is 16.2 Å². The molecule has 0 aliphatic rings. The van der Waals surface area contributed by atoms with Crippen molar-refractivity contribution >= 4 is 33.5 Å². The van der Waals surface area contributed by atoms with E-state index in [0.29, 0.717) is 28.5 Å². The van der Waals surface area contributed by atoms with E-state index in [9.17, 15) is 9.59 Å². The molecule has 0 saturated carbocycles. The summed E-state index contributed by atoms with van der Waals surface area (Å²) in [7, 11) is 3.05. The molecule has 8 nitrogen and oxygen atoms in total. The Morgan fingerprint density at radius 1 is 1.10 bits per heavy atom. The molecule has 0 unspecified atom stereocenters. The Morgan fingerprint density at radius 2 is 1.93 bits per heavy atom.